The third-order valence-electron chi connectivity index (χ3n) is 6.41. The molecular weight excluding hydrogens is 532 g/mol. The maximum atomic E-state index is 13.6. The van der Waals surface area contributed by atoms with Crippen LogP contribution in [-0.4, -0.2) is 70.3 Å². The Morgan fingerprint density at radius 1 is 1.08 bits per heavy atom. The van der Waals surface area contributed by atoms with Gasteiger partial charge in [-0.2, -0.15) is 0 Å². The maximum absolute atomic E-state index is 13.6. The molecule has 0 aliphatic carbocycles. The van der Waals surface area contributed by atoms with Crippen LogP contribution >= 0.6 is 0 Å². The van der Waals surface area contributed by atoms with Gasteiger partial charge in [-0.25, -0.2) is 16.8 Å². The largest absolute Gasteiger partial charge is 0.493 e. The first-order valence-corrected chi connectivity index (χ1v) is 15.6. The number of rotatable bonds is 10. The second kappa shape index (κ2) is 11.2. The highest BCUT2D eigenvalue weighted by atomic mass is 32.2. The van der Waals surface area contributed by atoms with Crippen LogP contribution in [0.4, 0.5) is 0 Å². The number of sulfone groups is 2. The van der Waals surface area contributed by atoms with E-state index in [0.717, 1.165) is 5.56 Å². The molecule has 1 unspecified atom stereocenters. The minimum absolute atomic E-state index is 0.00470. The van der Waals surface area contributed by atoms with Crippen molar-refractivity contribution < 1.29 is 35.6 Å². The summed E-state index contributed by atoms with van der Waals surface area (Å²) in [7, 11) is -3.59. The number of ether oxygens (including phenoxy) is 2. The van der Waals surface area contributed by atoms with Crippen LogP contribution in [-0.2, 0) is 26.2 Å². The van der Waals surface area contributed by atoms with Crippen LogP contribution in [0.2, 0.25) is 0 Å². The second-order valence-corrected chi connectivity index (χ2v) is 13.4. The number of nitrogens with zero attached hydrogens (tertiary/aromatic N) is 2. The number of carbonyl (C=O) groups is 1. The summed E-state index contributed by atoms with van der Waals surface area (Å²) in [6.45, 7) is 1.93. The number of benzene rings is 2. The zero-order chi connectivity index (χ0) is 27.5. The van der Waals surface area contributed by atoms with Gasteiger partial charge >= 0.3 is 0 Å². The molecule has 38 heavy (non-hydrogen) atoms. The minimum Gasteiger partial charge on any atom is -0.493 e. The summed E-state index contributed by atoms with van der Waals surface area (Å²) in [5, 5.41) is 3.95. The lowest BCUT2D eigenvalue weighted by atomic mass is 10.1. The lowest BCUT2D eigenvalue weighted by Crippen LogP contribution is -2.40. The van der Waals surface area contributed by atoms with Crippen molar-refractivity contribution in [3.63, 3.8) is 0 Å². The monoisotopic (exact) mass is 562 g/mol. The SMILES string of the molecule is CCCS(=O)(=O)c1ccc(-c2cc(C(=O)N(Cc3ccc(OC)c(OC)c3)C3CCS(=O)(=O)C3)no2)cc1. The molecule has 3 aromatic rings. The fourth-order valence-corrected chi connectivity index (χ4v) is 7.49. The van der Waals surface area contributed by atoms with E-state index in [0.29, 0.717) is 29.9 Å². The Hall–Kier alpha value is -3.38. The van der Waals surface area contributed by atoms with Gasteiger partial charge in [-0.15, -0.1) is 0 Å². The predicted molar refractivity (Wildman–Crippen MR) is 141 cm³/mol. The zero-order valence-corrected chi connectivity index (χ0v) is 23.0. The van der Waals surface area contributed by atoms with Crippen LogP contribution in [0, 0.1) is 0 Å². The lowest BCUT2D eigenvalue weighted by molar-refractivity contribution is 0.0670. The summed E-state index contributed by atoms with van der Waals surface area (Å²) in [5.74, 6) is 0.767. The summed E-state index contributed by atoms with van der Waals surface area (Å²) in [6, 6.07) is 12.4. The highest BCUT2D eigenvalue weighted by Crippen LogP contribution is 2.30. The van der Waals surface area contributed by atoms with E-state index in [1.165, 1.54) is 37.3 Å². The predicted octanol–water partition coefficient (Wildman–Crippen LogP) is 3.37. The average molecular weight is 563 g/mol. The van der Waals surface area contributed by atoms with Gasteiger partial charge in [-0.05, 0) is 54.8 Å². The quantitative estimate of drug-likeness (QED) is 0.365. The molecule has 0 spiro atoms. The Morgan fingerprint density at radius 2 is 1.79 bits per heavy atom. The van der Waals surface area contributed by atoms with Crippen molar-refractivity contribution in [3.05, 3.63) is 59.8 Å². The van der Waals surface area contributed by atoms with Gasteiger partial charge in [0.1, 0.15) is 0 Å². The molecular formula is C26H30N2O8S2. The molecule has 1 aliphatic heterocycles. The van der Waals surface area contributed by atoms with E-state index in [2.05, 4.69) is 5.16 Å². The second-order valence-electron chi connectivity index (χ2n) is 9.10. The molecule has 1 atom stereocenters. The van der Waals surface area contributed by atoms with Crippen LogP contribution in [0.25, 0.3) is 11.3 Å². The van der Waals surface area contributed by atoms with Crippen LogP contribution in [0.15, 0.2) is 57.9 Å². The van der Waals surface area contributed by atoms with E-state index < -0.39 is 31.6 Å². The van der Waals surface area contributed by atoms with Crippen LogP contribution in [0.3, 0.4) is 0 Å². The van der Waals surface area contributed by atoms with Crippen LogP contribution < -0.4 is 9.47 Å². The topological polar surface area (TPSA) is 133 Å². The minimum atomic E-state index is -3.36. The van der Waals surface area contributed by atoms with Gasteiger partial charge in [0.2, 0.25) is 0 Å². The van der Waals surface area contributed by atoms with Crippen molar-refractivity contribution in [2.24, 2.45) is 0 Å². The van der Waals surface area contributed by atoms with Gasteiger partial charge in [0.25, 0.3) is 5.91 Å². The van der Waals surface area contributed by atoms with Gasteiger partial charge in [0.05, 0.1) is 36.4 Å². The molecule has 1 aliphatic rings. The molecule has 0 bridgehead atoms. The van der Waals surface area contributed by atoms with E-state index in [1.54, 1.807) is 37.3 Å². The lowest BCUT2D eigenvalue weighted by Gasteiger charge is -2.27. The zero-order valence-electron chi connectivity index (χ0n) is 21.4. The summed E-state index contributed by atoms with van der Waals surface area (Å²) >= 11 is 0. The summed E-state index contributed by atoms with van der Waals surface area (Å²) in [4.78, 5) is 15.3. The van der Waals surface area contributed by atoms with E-state index in [9.17, 15) is 21.6 Å². The van der Waals surface area contributed by atoms with Crippen LogP contribution in [0.5, 0.6) is 11.5 Å². The Morgan fingerprint density at radius 3 is 2.39 bits per heavy atom. The first-order valence-electron chi connectivity index (χ1n) is 12.1. The molecule has 1 aromatic heterocycles. The first kappa shape index (κ1) is 27.6. The third-order valence-corrected chi connectivity index (χ3v) is 10.1. The molecule has 0 N–H and O–H groups in total. The Balaban J connectivity index is 1.61. The van der Waals surface area contributed by atoms with Gasteiger partial charge in [-0.3, -0.25) is 4.79 Å². The Labute approximate surface area is 222 Å². The standard InChI is InChI=1S/C26H30N2O8S2/c1-4-12-38(32,33)21-8-6-19(7-9-21)24-15-22(27-36-24)26(29)28(20-11-13-37(30,31)17-20)16-18-5-10-23(34-2)25(14-18)35-3/h5-10,14-15,20H,4,11-13,16-17H2,1-3H3. The normalized spacial score (nSPS) is 16.8. The number of aromatic nitrogens is 1. The average Bonchev–Trinajstić information content (AvgIpc) is 3.53. The fourth-order valence-electron chi connectivity index (χ4n) is 4.44. The molecule has 1 saturated heterocycles. The van der Waals surface area contributed by atoms with Crippen molar-refractivity contribution in [1.82, 2.24) is 10.1 Å². The first-order chi connectivity index (χ1) is 18.1. The maximum Gasteiger partial charge on any atom is 0.276 e. The molecule has 10 nitrogen and oxygen atoms in total. The van der Waals surface area contributed by atoms with E-state index in [-0.39, 0.29) is 40.2 Å². The van der Waals surface area contributed by atoms with Crippen molar-refractivity contribution in [3.8, 4) is 22.8 Å². The molecule has 4 rings (SSSR count). The highest BCUT2D eigenvalue weighted by Gasteiger charge is 2.36. The number of amides is 1. The number of hydrogen-bond acceptors (Lipinski definition) is 9. The molecule has 1 amide bonds. The molecule has 12 heteroatoms. The molecule has 204 valence electrons. The summed E-state index contributed by atoms with van der Waals surface area (Å²) < 4.78 is 65.1. The van der Waals surface area contributed by atoms with Crippen LogP contribution in [0.1, 0.15) is 35.8 Å². The van der Waals surface area contributed by atoms with Gasteiger partial charge in [0, 0.05) is 24.2 Å². The van der Waals surface area contributed by atoms with E-state index >= 15 is 0 Å². The number of hydrogen-bond donors (Lipinski definition) is 0. The molecule has 2 heterocycles. The molecule has 2 aromatic carbocycles. The van der Waals surface area contributed by atoms with Crippen molar-refractivity contribution in [2.75, 3.05) is 31.5 Å². The summed E-state index contributed by atoms with van der Waals surface area (Å²) in [5.41, 5.74) is 1.31. The van der Waals surface area contributed by atoms with E-state index in [4.69, 9.17) is 14.0 Å². The summed E-state index contributed by atoms with van der Waals surface area (Å²) in [6.07, 6.45) is 0.833. The number of methoxy groups -OCH3 is 2. The fraction of sp³-hybridized carbons (Fsp3) is 0.385. The van der Waals surface area contributed by atoms with Crippen molar-refractivity contribution in [1.29, 1.82) is 0 Å². The van der Waals surface area contributed by atoms with Gasteiger partial charge in [-0.1, -0.05) is 18.1 Å². The highest BCUT2D eigenvalue weighted by molar-refractivity contribution is 7.91. The van der Waals surface area contributed by atoms with Gasteiger partial charge < -0.3 is 18.9 Å². The van der Waals surface area contributed by atoms with E-state index in [1.807, 2.05) is 0 Å². The van der Waals surface area contributed by atoms with Crippen molar-refractivity contribution in [2.45, 2.75) is 37.2 Å². The Bertz CT molecular complexity index is 1510. The Kier molecular flexibility index (Phi) is 8.12. The third kappa shape index (κ3) is 6.02. The smallest absolute Gasteiger partial charge is 0.276 e. The number of carbonyl (C=O) groups excluding carboxylic acids is 1. The van der Waals surface area contributed by atoms with Crippen molar-refractivity contribution >= 4 is 25.6 Å². The van der Waals surface area contributed by atoms with Gasteiger partial charge in [0.15, 0.2) is 42.6 Å². The molecule has 0 radical (unpaired) electrons. The molecule has 0 saturated carbocycles. The molecule has 1 fully saturated rings.